The fraction of sp³-hybridized carbons (Fsp3) is 0.276. The summed E-state index contributed by atoms with van der Waals surface area (Å²) in [5, 5.41) is 9.85. The van der Waals surface area contributed by atoms with Crippen LogP contribution in [0.15, 0.2) is 48.6 Å². The summed E-state index contributed by atoms with van der Waals surface area (Å²) in [6.07, 6.45) is 20.8. The second kappa shape index (κ2) is 10.2. The van der Waals surface area contributed by atoms with Gasteiger partial charge < -0.3 is 0 Å². The third-order valence-corrected chi connectivity index (χ3v) is 6.44. The van der Waals surface area contributed by atoms with Crippen molar-refractivity contribution in [2.45, 2.75) is 38.5 Å². The van der Waals surface area contributed by atoms with Crippen molar-refractivity contribution in [3.8, 4) is 30.8 Å². The lowest BCUT2D eigenvalue weighted by Gasteiger charge is -2.17. The molecule has 4 atom stereocenters. The summed E-state index contributed by atoms with van der Waals surface area (Å²) in [5.74, 6) is 7.12. The van der Waals surface area contributed by atoms with Crippen LogP contribution in [0.5, 0.6) is 0 Å². The van der Waals surface area contributed by atoms with Gasteiger partial charge in [-0.1, -0.05) is 74.0 Å². The first-order valence-electron chi connectivity index (χ1n) is 10.6. The van der Waals surface area contributed by atoms with E-state index in [1.807, 2.05) is 30.3 Å². The molecule has 2 heteroatoms. The predicted molar refractivity (Wildman–Crippen MR) is 131 cm³/mol. The lowest BCUT2D eigenvalue weighted by molar-refractivity contribution is 0.544. The van der Waals surface area contributed by atoms with Crippen molar-refractivity contribution < 1.29 is 0 Å². The van der Waals surface area contributed by atoms with E-state index in [2.05, 4.69) is 62.1 Å². The molecule has 0 heterocycles. The Balaban J connectivity index is 0.000000176. The predicted octanol–water partition coefficient (Wildman–Crippen LogP) is 7.44. The summed E-state index contributed by atoms with van der Waals surface area (Å²) in [5.41, 5.74) is 5.53. The van der Waals surface area contributed by atoms with Crippen molar-refractivity contribution in [1.82, 2.24) is 0 Å². The molecule has 2 aromatic rings. The molecule has 0 saturated carbocycles. The molecule has 4 rings (SSSR count). The highest BCUT2D eigenvalue weighted by Gasteiger charge is 2.24. The van der Waals surface area contributed by atoms with Crippen LogP contribution in [0.1, 0.15) is 66.3 Å². The minimum atomic E-state index is 0.361. The molecule has 0 amide bonds. The van der Waals surface area contributed by atoms with E-state index in [1.54, 1.807) is 0 Å². The summed E-state index contributed by atoms with van der Waals surface area (Å²) in [4.78, 5) is 0. The maximum absolute atomic E-state index is 9.01. The molecule has 154 valence electrons. The Labute approximate surface area is 191 Å². The smallest absolute Gasteiger partial charge is 0.0998 e. The van der Waals surface area contributed by atoms with Crippen LogP contribution in [0.3, 0.4) is 0 Å². The molecule has 0 spiro atoms. The zero-order chi connectivity index (χ0) is 22.4. The number of rotatable bonds is 4. The Hall–Kier alpha value is -3.18. The zero-order valence-corrected chi connectivity index (χ0v) is 18.7. The number of hydrogen-bond acceptors (Lipinski definition) is 1. The molecule has 31 heavy (non-hydrogen) atoms. The van der Waals surface area contributed by atoms with Crippen LogP contribution in [-0.2, 0) is 0 Å². The summed E-state index contributed by atoms with van der Waals surface area (Å²) in [6.45, 7) is 4.34. The van der Waals surface area contributed by atoms with E-state index in [1.165, 1.54) is 11.1 Å². The monoisotopic (exact) mass is 423 g/mol. The van der Waals surface area contributed by atoms with Crippen molar-refractivity contribution >= 4 is 23.8 Å². The molecule has 0 aromatic heterocycles. The average molecular weight is 424 g/mol. The van der Waals surface area contributed by atoms with Crippen LogP contribution in [0.2, 0.25) is 5.02 Å². The van der Waals surface area contributed by atoms with Gasteiger partial charge in [-0.15, -0.1) is 24.7 Å². The van der Waals surface area contributed by atoms with Gasteiger partial charge in [-0.3, -0.25) is 0 Å². The third kappa shape index (κ3) is 4.78. The summed E-state index contributed by atoms with van der Waals surface area (Å²) >= 11 is 6.13. The van der Waals surface area contributed by atoms with Crippen LogP contribution < -0.4 is 0 Å². The number of halogens is 1. The van der Waals surface area contributed by atoms with Gasteiger partial charge in [0.2, 0.25) is 0 Å². The van der Waals surface area contributed by atoms with E-state index in [4.69, 9.17) is 29.7 Å². The average Bonchev–Trinajstić information content (AvgIpc) is 3.40. The molecule has 0 radical (unpaired) electrons. The molecule has 2 aromatic carbocycles. The van der Waals surface area contributed by atoms with Gasteiger partial charge in [-0.05, 0) is 46.2 Å². The Morgan fingerprint density at radius 3 is 1.94 bits per heavy atom. The van der Waals surface area contributed by atoms with Crippen molar-refractivity contribution in [1.29, 1.82) is 5.26 Å². The number of nitrogens with zero attached hydrogens (tertiary/aromatic N) is 1. The van der Waals surface area contributed by atoms with Crippen LogP contribution in [0.25, 0.3) is 12.2 Å². The molecule has 0 saturated heterocycles. The van der Waals surface area contributed by atoms with Gasteiger partial charge >= 0.3 is 0 Å². The summed E-state index contributed by atoms with van der Waals surface area (Å²) in [6, 6.07) is 14.2. The molecule has 2 aliphatic rings. The van der Waals surface area contributed by atoms with Crippen LogP contribution in [0.4, 0.5) is 0 Å². The highest BCUT2D eigenvalue weighted by molar-refractivity contribution is 6.32. The van der Waals surface area contributed by atoms with Gasteiger partial charge in [0.05, 0.1) is 11.6 Å². The number of allylic oxidation sites excluding steroid dienone is 2. The molecular formula is C29H26ClN. The van der Waals surface area contributed by atoms with E-state index in [0.717, 1.165) is 34.6 Å². The quantitative estimate of drug-likeness (QED) is 0.469. The second-order valence-corrected chi connectivity index (χ2v) is 8.61. The normalized spacial score (nSPS) is 19.1. The third-order valence-electron chi connectivity index (χ3n) is 6.11. The molecule has 2 aliphatic carbocycles. The topological polar surface area (TPSA) is 23.8 Å². The summed E-state index contributed by atoms with van der Waals surface area (Å²) in [7, 11) is 0. The van der Waals surface area contributed by atoms with Crippen molar-refractivity contribution in [3.63, 3.8) is 0 Å². The van der Waals surface area contributed by atoms with E-state index in [0.29, 0.717) is 23.7 Å². The molecule has 1 nitrogen and oxygen atoms in total. The molecule has 0 fully saturated rings. The molecule has 0 aliphatic heterocycles. The van der Waals surface area contributed by atoms with Gasteiger partial charge in [0, 0.05) is 29.7 Å². The lowest BCUT2D eigenvalue weighted by Crippen LogP contribution is -2.05. The van der Waals surface area contributed by atoms with E-state index >= 15 is 0 Å². The van der Waals surface area contributed by atoms with Crippen LogP contribution in [0, 0.1) is 47.9 Å². The van der Waals surface area contributed by atoms with Gasteiger partial charge in [0.1, 0.15) is 0 Å². The lowest BCUT2D eigenvalue weighted by atomic mass is 9.86. The van der Waals surface area contributed by atoms with Gasteiger partial charge in [0.15, 0.2) is 0 Å². The Bertz CT molecular complexity index is 1130. The van der Waals surface area contributed by atoms with Crippen molar-refractivity contribution in [2.24, 2.45) is 11.8 Å². The SMILES string of the molecule is C#CCC(C)C1C=Cc2c(C#N)cccc21.C#CCC(C)C1C=Cc2c(Cl)cccc21. The van der Waals surface area contributed by atoms with Crippen LogP contribution >= 0.6 is 11.6 Å². The van der Waals surface area contributed by atoms with E-state index in [9.17, 15) is 0 Å². The highest BCUT2D eigenvalue weighted by Crippen LogP contribution is 2.40. The summed E-state index contributed by atoms with van der Waals surface area (Å²) < 4.78 is 0. The largest absolute Gasteiger partial charge is 0.192 e. The number of fused-ring (bicyclic) bond motifs is 2. The Kier molecular flexibility index (Phi) is 7.42. The van der Waals surface area contributed by atoms with Crippen molar-refractivity contribution in [3.05, 3.63) is 81.4 Å². The van der Waals surface area contributed by atoms with Gasteiger partial charge in [-0.2, -0.15) is 5.26 Å². The number of hydrogen-bond donors (Lipinski definition) is 0. The van der Waals surface area contributed by atoms with E-state index < -0.39 is 0 Å². The first-order chi connectivity index (χ1) is 15.0. The van der Waals surface area contributed by atoms with Crippen LogP contribution in [-0.4, -0.2) is 0 Å². The van der Waals surface area contributed by atoms with Gasteiger partial charge in [-0.25, -0.2) is 0 Å². The maximum atomic E-state index is 9.01. The standard InChI is InChI=1S/C15H13N.C14H13Cl/c1-3-5-11(2)13-8-9-14-12(10-16)6-4-7-15(13)14;1-3-5-10(2)11-8-9-13-12(11)6-4-7-14(13)15/h1,4,6-9,11,13H,5H2,2H3;1,4,6-11H,5H2,2H3. The molecule has 0 N–H and O–H groups in total. The minimum Gasteiger partial charge on any atom is -0.192 e. The van der Waals surface area contributed by atoms with Crippen molar-refractivity contribution in [2.75, 3.05) is 0 Å². The highest BCUT2D eigenvalue weighted by atomic mass is 35.5. The molecule has 0 bridgehead atoms. The fourth-order valence-electron chi connectivity index (χ4n) is 4.40. The maximum Gasteiger partial charge on any atom is 0.0998 e. The molecule has 4 unspecified atom stereocenters. The Morgan fingerprint density at radius 1 is 0.871 bits per heavy atom. The fourth-order valence-corrected chi connectivity index (χ4v) is 4.65. The first kappa shape index (κ1) is 22.5. The zero-order valence-electron chi connectivity index (χ0n) is 18.0. The number of benzene rings is 2. The Morgan fingerprint density at radius 2 is 1.39 bits per heavy atom. The number of nitriles is 1. The second-order valence-electron chi connectivity index (χ2n) is 8.20. The molecular weight excluding hydrogens is 398 g/mol. The number of terminal acetylenes is 2. The minimum absolute atomic E-state index is 0.361. The van der Waals surface area contributed by atoms with E-state index in [-0.39, 0.29) is 0 Å². The first-order valence-corrected chi connectivity index (χ1v) is 10.9. The van der Waals surface area contributed by atoms with Gasteiger partial charge in [0.25, 0.3) is 0 Å².